The summed E-state index contributed by atoms with van der Waals surface area (Å²) in [4.78, 5) is 15.1. The van der Waals surface area contributed by atoms with Gasteiger partial charge in [-0.15, -0.1) is 5.10 Å². The summed E-state index contributed by atoms with van der Waals surface area (Å²) in [5.74, 6) is -0.0496. The van der Waals surface area contributed by atoms with Crippen molar-refractivity contribution in [3.05, 3.63) is 72.1 Å². The number of aromatic nitrogens is 4. The molecule has 0 unspecified atom stereocenters. The maximum Gasteiger partial charge on any atom is 0.251 e. The molecule has 2 heterocycles. The lowest BCUT2D eigenvalue weighted by Crippen LogP contribution is -2.44. The number of benzene rings is 2. The molecular weight excluding hydrogens is 340 g/mol. The highest BCUT2D eigenvalue weighted by atomic mass is 16.1. The number of nitrogens with zero attached hydrogens (tertiary/aromatic N) is 5. The summed E-state index contributed by atoms with van der Waals surface area (Å²) in [6.07, 6.45) is 3.44. The molecule has 1 N–H and O–H groups in total. The Labute approximate surface area is 158 Å². The normalized spacial score (nSPS) is 15.6. The van der Waals surface area contributed by atoms with E-state index >= 15 is 0 Å². The zero-order valence-corrected chi connectivity index (χ0v) is 15.0. The second-order valence-electron chi connectivity index (χ2n) is 6.81. The number of hydrogen-bond acceptors (Lipinski definition) is 5. The molecule has 27 heavy (non-hydrogen) atoms. The molecule has 0 saturated carbocycles. The Kier molecular flexibility index (Phi) is 5.20. The van der Waals surface area contributed by atoms with Gasteiger partial charge in [0.25, 0.3) is 5.91 Å². The second kappa shape index (κ2) is 8.09. The van der Waals surface area contributed by atoms with Crippen molar-refractivity contribution < 1.29 is 4.79 Å². The van der Waals surface area contributed by atoms with Crippen molar-refractivity contribution >= 4 is 5.91 Å². The summed E-state index contributed by atoms with van der Waals surface area (Å²) in [5.41, 5.74) is 2.72. The molecule has 0 radical (unpaired) electrons. The van der Waals surface area contributed by atoms with Crippen LogP contribution in [-0.4, -0.2) is 50.1 Å². The van der Waals surface area contributed by atoms with Gasteiger partial charge in [0.1, 0.15) is 6.33 Å². The van der Waals surface area contributed by atoms with Crippen LogP contribution >= 0.6 is 0 Å². The summed E-state index contributed by atoms with van der Waals surface area (Å²) in [6, 6.07) is 18.0. The van der Waals surface area contributed by atoms with Crippen LogP contribution in [0.3, 0.4) is 0 Å². The lowest BCUT2D eigenvalue weighted by molar-refractivity contribution is 0.0909. The lowest BCUT2D eigenvalue weighted by atomic mass is 10.0. The third-order valence-corrected chi connectivity index (χ3v) is 4.89. The summed E-state index contributed by atoms with van der Waals surface area (Å²) in [7, 11) is 0. The highest BCUT2D eigenvalue weighted by molar-refractivity contribution is 5.94. The van der Waals surface area contributed by atoms with E-state index < -0.39 is 0 Å². The summed E-state index contributed by atoms with van der Waals surface area (Å²) >= 11 is 0. The van der Waals surface area contributed by atoms with Crippen molar-refractivity contribution in [3.8, 4) is 5.69 Å². The van der Waals surface area contributed by atoms with Crippen LogP contribution in [0.1, 0.15) is 28.8 Å². The number of likely N-dealkylation sites (tertiary alicyclic amines) is 1. The topological polar surface area (TPSA) is 75.9 Å². The first-order valence-electron chi connectivity index (χ1n) is 9.18. The smallest absolute Gasteiger partial charge is 0.251 e. The number of carbonyl (C=O) groups is 1. The van der Waals surface area contributed by atoms with Gasteiger partial charge >= 0.3 is 0 Å². The predicted molar refractivity (Wildman–Crippen MR) is 101 cm³/mol. The summed E-state index contributed by atoms with van der Waals surface area (Å²) in [6.45, 7) is 2.95. The van der Waals surface area contributed by atoms with Gasteiger partial charge in [0.15, 0.2) is 0 Å². The number of rotatable bonds is 5. The Morgan fingerprint density at radius 1 is 1.07 bits per heavy atom. The van der Waals surface area contributed by atoms with Crippen LogP contribution in [0.5, 0.6) is 0 Å². The molecule has 2 aromatic carbocycles. The lowest BCUT2D eigenvalue weighted by Gasteiger charge is -2.32. The van der Waals surface area contributed by atoms with E-state index in [-0.39, 0.29) is 11.9 Å². The van der Waals surface area contributed by atoms with Gasteiger partial charge in [-0.2, -0.15) is 0 Å². The number of amides is 1. The molecule has 0 aliphatic carbocycles. The molecule has 0 bridgehead atoms. The SMILES string of the molecule is O=C(NC1CCN(Cc2ccccc2)CC1)c1cccc(-n2cnnn2)c1. The van der Waals surface area contributed by atoms with E-state index in [0.29, 0.717) is 5.56 Å². The van der Waals surface area contributed by atoms with Crippen LogP contribution in [0.2, 0.25) is 0 Å². The Balaban J connectivity index is 1.31. The largest absolute Gasteiger partial charge is 0.349 e. The first-order valence-corrected chi connectivity index (χ1v) is 9.18. The van der Waals surface area contributed by atoms with Gasteiger partial charge in [-0.25, -0.2) is 4.68 Å². The molecule has 7 heteroatoms. The zero-order chi connectivity index (χ0) is 18.5. The maximum atomic E-state index is 12.6. The zero-order valence-electron chi connectivity index (χ0n) is 15.0. The van der Waals surface area contributed by atoms with E-state index in [9.17, 15) is 4.79 Å². The Morgan fingerprint density at radius 2 is 1.89 bits per heavy atom. The van der Waals surface area contributed by atoms with Crippen molar-refractivity contribution in [3.63, 3.8) is 0 Å². The van der Waals surface area contributed by atoms with Gasteiger partial charge < -0.3 is 5.32 Å². The van der Waals surface area contributed by atoms with Crippen molar-refractivity contribution in [2.45, 2.75) is 25.4 Å². The van der Waals surface area contributed by atoms with Crippen LogP contribution in [0.4, 0.5) is 0 Å². The monoisotopic (exact) mass is 362 g/mol. The molecule has 1 saturated heterocycles. The van der Waals surface area contributed by atoms with Gasteiger partial charge in [-0.3, -0.25) is 9.69 Å². The van der Waals surface area contributed by atoms with Crippen molar-refractivity contribution in [1.29, 1.82) is 0 Å². The Hall–Kier alpha value is -3.06. The molecular formula is C20H22N6O. The van der Waals surface area contributed by atoms with Gasteiger partial charge in [0.2, 0.25) is 0 Å². The van der Waals surface area contributed by atoms with Gasteiger partial charge in [-0.05, 0) is 47.0 Å². The van der Waals surface area contributed by atoms with Crippen molar-refractivity contribution in [2.24, 2.45) is 0 Å². The number of hydrogen-bond donors (Lipinski definition) is 1. The fourth-order valence-electron chi connectivity index (χ4n) is 3.42. The minimum Gasteiger partial charge on any atom is -0.349 e. The first kappa shape index (κ1) is 17.4. The average Bonchev–Trinajstić information content (AvgIpc) is 3.25. The quantitative estimate of drug-likeness (QED) is 0.752. The van der Waals surface area contributed by atoms with Crippen LogP contribution in [-0.2, 0) is 6.54 Å². The molecule has 7 nitrogen and oxygen atoms in total. The molecule has 1 amide bonds. The molecule has 0 atom stereocenters. The number of nitrogens with one attached hydrogen (secondary N) is 1. The van der Waals surface area contributed by atoms with E-state index in [2.05, 4.69) is 50.0 Å². The second-order valence-corrected chi connectivity index (χ2v) is 6.81. The average molecular weight is 362 g/mol. The van der Waals surface area contributed by atoms with E-state index in [1.807, 2.05) is 24.3 Å². The molecule has 3 aromatic rings. The Bertz CT molecular complexity index is 873. The number of tetrazole rings is 1. The van der Waals surface area contributed by atoms with Gasteiger partial charge in [0, 0.05) is 31.2 Å². The third kappa shape index (κ3) is 4.38. The molecule has 0 spiro atoms. The predicted octanol–water partition coefficient (Wildman–Crippen LogP) is 2.06. The minimum absolute atomic E-state index is 0.0496. The number of carbonyl (C=O) groups excluding carboxylic acids is 1. The molecule has 1 aromatic heterocycles. The van der Waals surface area contributed by atoms with Gasteiger partial charge in [-0.1, -0.05) is 36.4 Å². The van der Waals surface area contributed by atoms with Crippen LogP contribution in [0.25, 0.3) is 5.69 Å². The van der Waals surface area contributed by atoms with E-state index in [1.54, 1.807) is 10.7 Å². The van der Waals surface area contributed by atoms with E-state index in [1.165, 1.54) is 11.9 Å². The highest BCUT2D eigenvalue weighted by Crippen LogP contribution is 2.15. The molecule has 1 aliphatic rings. The highest BCUT2D eigenvalue weighted by Gasteiger charge is 2.21. The summed E-state index contributed by atoms with van der Waals surface area (Å²) < 4.78 is 1.54. The third-order valence-electron chi connectivity index (χ3n) is 4.89. The van der Waals surface area contributed by atoms with E-state index in [4.69, 9.17) is 0 Å². The standard InChI is InChI=1S/C20H22N6O/c27-20(17-7-4-8-19(13-17)26-15-21-23-24-26)22-18-9-11-25(12-10-18)14-16-5-2-1-3-6-16/h1-8,13,15,18H,9-12,14H2,(H,22,27). The Morgan fingerprint density at radius 3 is 2.63 bits per heavy atom. The van der Waals surface area contributed by atoms with Crippen molar-refractivity contribution in [2.75, 3.05) is 13.1 Å². The van der Waals surface area contributed by atoms with Crippen molar-refractivity contribution in [1.82, 2.24) is 30.4 Å². The fourth-order valence-corrected chi connectivity index (χ4v) is 3.42. The van der Waals surface area contributed by atoms with Crippen LogP contribution < -0.4 is 5.32 Å². The summed E-state index contributed by atoms with van der Waals surface area (Å²) in [5, 5.41) is 14.3. The molecule has 1 aliphatic heterocycles. The van der Waals surface area contributed by atoms with Gasteiger partial charge in [0.05, 0.1) is 5.69 Å². The molecule has 138 valence electrons. The molecule has 1 fully saturated rings. The first-order chi connectivity index (χ1) is 13.3. The maximum absolute atomic E-state index is 12.6. The fraction of sp³-hybridized carbons (Fsp3) is 0.300. The van der Waals surface area contributed by atoms with E-state index in [0.717, 1.165) is 38.2 Å². The number of piperidine rings is 1. The van der Waals surface area contributed by atoms with Crippen LogP contribution in [0, 0.1) is 0 Å². The minimum atomic E-state index is -0.0496. The molecule has 4 rings (SSSR count). The van der Waals surface area contributed by atoms with Crippen LogP contribution in [0.15, 0.2) is 60.9 Å².